The van der Waals surface area contributed by atoms with Crippen LogP contribution < -0.4 is 10.1 Å². The van der Waals surface area contributed by atoms with Gasteiger partial charge in [-0.1, -0.05) is 18.2 Å². The first-order chi connectivity index (χ1) is 12.7. The summed E-state index contributed by atoms with van der Waals surface area (Å²) in [6, 6.07) is 12.5. The van der Waals surface area contributed by atoms with Crippen molar-refractivity contribution >= 4 is 17.6 Å². The van der Waals surface area contributed by atoms with Crippen LogP contribution in [-0.4, -0.2) is 60.0 Å². The third-order valence-electron chi connectivity index (χ3n) is 4.29. The van der Waals surface area contributed by atoms with Crippen molar-refractivity contribution in [3.63, 3.8) is 0 Å². The molecule has 0 saturated carbocycles. The van der Waals surface area contributed by atoms with E-state index in [2.05, 4.69) is 10.3 Å². The molecular weight excluding hydrogens is 332 g/mol. The number of hydrogen-bond acceptors (Lipinski definition) is 4. The number of methoxy groups -OCH3 is 1. The predicted octanol–water partition coefficient (Wildman–Crippen LogP) is 2.47. The number of carbonyl (C=O) groups excluding carboxylic acids is 2. The standard InChI is InChI=1S/C19H22N4O3/c1-26-17-14-15(8-9-20-17)18(24)22-10-5-11-23(13-12-22)19(25)21-16-6-3-2-4-7-16/h2-4,6-9,14H,5,10-13H2,1H3,(H,21,25). The number of benzene rings is 1. The molecule has 1 aromatic carbocycles. The lowest BCUT2D eigenvalue weighted by molar-refractivity contribution is 0.0762. The summed E-state index contributed by atoms with van der Waals surface area (Å²) >= 11 is 0. The summed E-state index contributed by atoms with van der Waals surface area (Å²) in [6.45, 7) is 2.21. The zero-order chi connectivity index (χ0) is 18.4. The van der Waals surface area contributed by atoms with Crippen molar-refractivity contribution in [2.45, 2.75) is 6.42 Å². The van der Waals surface area contributed by atoms with Gasteiger partial charge in [-0.15, -0.1) is 0 Å². The van der Waals surface area contributed by atoms with Crippen molar-refractivity contribution in [3.8, 4) is 5.88 Å². The number of para-hydroxylation sites is 1. The van der Waals surface area contributed by atoms with Crippen LogP contribution >= 0.6 is 0 Å². The number of rotatable bonds is 3. The molecule has 1 saturated heterocycles. The number of nitrogens with one attached hydrogen (secondary N) is 1. The van der Waals surface area contributed by atoms with Gasteiger partial charge in [-0.25, -0.2) is 9.78 Å². The number of aromatic nitrogens is 1. The minimum Gasteiger partial charge on any atom is -0.481 e. The Morgan fingerprint density at radius 3 is 2.54 bits per heavy atom. The van der Waals surface area contributed by atoms with E-state index in [1.807, 2.05) is 30.3 Å². The maximum Gasteiger partial charge on any atom is 0.321 e. The minimum atomic E-state index is -0.143. The van der Waals surface area contributed by atoms with Gasteiger partial charge in [0.1, 0.15) is 0 Å². The molecule has 3 rings (SSSR count). The van der Waals surface area contributed by atoms with Crippen LogP contribution in [-0.2, 0) is 0 Å². The van der Waals surface area contributed by atoms with Crippen molar-refractivity contribution in [2.24, 2.45) is 0 Å². The average Bonchev–Trinajstić information content (AvgIpc) is 2.94. The fourth-order valence-electron chi connectivity index (χ4n) is 2.88. The van der Waals surface area contributed by atoms with E-state index in [-0.39, 0.29) is 11.9 Å². The fourth-order valence-corrected chi connectivity index (χ4v) is 2.88. The molecule has 2 aromatic rings. The van der Waals surface area contributed by atoms with Gasteiger partial charge < -0.3 is 19.9 Å². The molecule has 3 amide bonds. The number of pyridine rings is 1. The van der Waals surface area contributed by atoms with Crippen LogP contribution in [0.25, 0.3) is 0 Å². The van der Waals surface area contributed by atoms with E-state index < -0.39 is 0 Å². The van der Waals surface area contributed by atoms with Crippen molar-refractivity contribution in [3.05, 3.63) is 54.2 Å². The van der Waals surface area contributed by atoms with Gasteiger partial charge in [-0.05, 0) is 24.6 Å². The quantitative estimate of drug-likeness (QED) is 0.919. The van der Waals surface area contributed by atoms with Gasteiger partial charge in [0.05, 0.1) is 7.11 Å². The molecule has 1 aromatic heterocycles. The first kappa shape index (κ1) is 17.7. The molecule has 2 heterocycles. The van der Waals surface area contributed by atoms with Gasteiger partial charge in [0.2, 0.25) is 5.88 Å². The number of anilines is 1. The SMILES string of the molecule is COc1cc(C(=O)N2CCCN(C(=O)Nc3ccccc3)CC2)ccn1. The maximum atomic E-state index is 12.7. The van der Waals surface area contributed by atoms with E-state index in [1.54, 1.807) is 28.1 Å². The maximum absolute atomic E-state index is 12.7. The van der Waals surface area contributed by atoms with E-state index in [0.717, 1.165) is 12.1 Å². The van der Waals surface area contributed by atoms with Gasteiger partial charge in [0.15, 0.2) is 0 Å². The molecule has 1 N–H and O–H groups in total. The van der Waals surface area contributed by atoms with E-state index in [1.165, 1.54) is 7.11 Å². The number of amides is 3. The lowest BCUT2D eigenvalue weighted by atomic mass is 10.2. The van der Waals surface area contributed by atoms with Gasteiger partial charge in [0, 0.05) is 49.7 Å². The molecular formula is C19H22N4O3. The summed E-state index contributed by atoms with van der Waals surface area (Å²) in [5.41, 5.74) is 1.30. The second-order valence-electron chi connectivity index (χ2n) is 6.02. The summed E-state index contributed by atoms with van der Waals surface area (Å²) in [6.07, 6.45) is 2.29. The Morgan fingerprint density at radius 1 is 1.04 bits per heavy atom. The molecule has 1 aliphatic heterocycles. The highest BCUT2D eigenvalue weighted by Crippen LogP contribution is 2.14. The van der Waals surface area contributed by atoms with Gasteiger partial charge >= 0.3 is 6.03 Å². The zero-order valence-electron chi connectivity index (χ0n) is 14.7. The van der Waals surface area contributed by atoms with Crippen molar-refractivity contribution < 1.29 is 14.3 Å². The third kappa shape index (κ3) is 4.30. The second-order valence-corrected chi connectivity index (χ2v) is 6.02. The molecule has 0 bridgehead atoms. The summed E-state index contributed by atoms with van der Waals surface area (Å²) in [4.78, 5) is 32.7. The van der Waals surface area contributed by atoms with Crippen LogP contribution in [0, 0.1) is 0 Å². The molecule has 7 heteroatoms. The molecule has 0 radical (unpaired) electrons. The smallest absolute Gasteiger partial charge is 0.321 e. The van der Waals surface area contributed by atoms with Crippen LogP contribution in [0.5, 0.6) is 5.88 Å². The Bertz CT molecular complexity index is 766. The summed E-state index contributed by atoms with van der Waals surface area (Å²) < 4.78 is 5.08. The van der Waals surface area contributed by atoms with E-state index >= 15 is 0 Å². The minimum absolute atomic E-state index is 0.0731. The van der Waals surface area contributed by atoms with Crippen LogP contribution in [0.4, 0.5) is 10.5 Å². The normalized spacial score (nSPS) is 14.5. The number of ether oxygens (including phenoxy) is 1. The molecule has 0 atom stereocenters. The molecule has 7 nitrogen and oxygen atoms in total. The fraction of sp³-hybridized carbons (Fsp3) is 0.316. The molecule has 26 heavy (non-hydrogen) atoms. The Balaban J connectivity index is 1.60. The highest BCUT2D eigenvalue weighted by molar-refractivity contribution is 5.94. The zero-order valence-corrected chi connectivity index (χ0v) is 14.7. The predicted molar refractivity (Wildman–Crippen MR) is 98.3 cm³/mol. The molecule has 0 aliphatic carbocycles. The van der Waals surface area contributed by atoms with Crippen molar-refractivity contribution in [2.75, 3.05) is 38.6 Å². The second kappa shape index (κ2) is 8.33. The van der Waals surface area contributed by atoms with Crippen molar-refractivity contribution in [1.29, 1.82) is 0 Å². The Kier molecular flexibility index (Phi) is 5.68. The third-order valence-corrected chi connectivity index (χ3v) is 4.29. The summed E-state index contributed by atoms with van der Waals surface area (Å²) in [5.74, 6) is 0.338. The highest BCUT2D eigenvalue weighted by atomic mass is 16.5. The van der Waals surface area contributed by atoms with Crippen LogP contribution in [0.2, 0.25) is 0 Å². The van der Waals surface area contributed by atoms with E-state index in [0.29, 0.717) is 37.6 Å². The molecule has 1 fully saturated rings. The molecule has 136 valence electrons. The molecule has 0 spiro atoms. The van der Waals surface area contributed by atoms with E-state index in [4.69, 9.17) is 4.74 Å². The van der Waals surface area contributed by atoms with Gasteiger partial charge in [0.25, 0.3) is 5.91 Å². The largest absolute Gasteiger partial charge is 0.481 e. The first-order valence-electron chi connectivity index (χ1n) is 8.57. The van der Waals surface area contributed by atoms with Gasteiger partial charge in [-0.2, -0.15) is 0 Å². The summed E-state index contributed by atoms with van der Waals surface area (Å²) in [5, 5.41) is 2.89. The number of hydrogen-bond donors (Lipinski definition) is 1. The van der Waals surface area contributed by atoms with Crippen LogP contribution in [0.15, 0.2) is 48.7 Å². The lowest BCUT2D eigenvalue weighted by Gasteiger charge is -2.22. The van der Waals surface area contributed by atoms with Crippen LogP contribution in [0.1, 0.15) is 16.8 Å². The monoisotopic (exact) mass is 354 g/mol. The first-order valence-corrected chi connectivity index (χ1v) is 8.57. The molecule has 0 unspecified atom stereocenters. The average molecular weight is 354 g/mol. The lowest BCUT2D eigenvalue weighted by Crippen LogP contribution is -2.39. The van der Waals surface area contributed by atoms with Gasteiger partial charge in [-0.3, -0.25) is 4.79 Å². The number of carbonyl (C=O) groups is 2. The molecule has 1 aliphatic rings. The summed E-state index contributed by atoms with van der Waals surface area (Å²) in [7, 11) is 1.52. The van der Waals surface area contributed by atoms with Crippen LogP contribution in [0.3, 0.4) is 0 Å². The topological polar surface area (TPSA) is 74.8 Å². The van der Waals surface area contributed by atoms with E-state index in [9.17, 15) is 9.59 Å². The Morgan fingerprint density at radius 2 is 1.77 bits per heavy atom. The number of urea groups is 1. The Hall–Kier alpha value is -3.09. The van der Waals surface area contributed by atoms with Crippen molar-refractivity contribution in [1.82, 2.24) is 14.8 Å². The number of nitrogens with zero attached hydrogens (tertiary/aromatic N) is 3. The highest BCUT2D eigenvalue weighted by Gasteiger charge is 2.23. The Labute approximate surface area is 152 Å².